The number of H-pyrrole nitrogens is 1. The zero-order valence-corrected chi connectivity index (χ0v) is 16.6. The normalized spacial score (nSPS) is 17.2. The molecule has 0 bridgehead atoms. The van der Waals surface area contributed by atoms with Crippen molar-refractivity contribution in [3.05, 3.63) is 59.3 Å². The zero-order chi connectivity index (χ0) is 19.7. The van der Waals surface area contributed by atoms with Crippen LogP contribution in [0.2, 0.25) is 0 Å². The van der Waals surface area contributed by atoms with E-state index in [4.69, 9.17) is 9.47 Å². The molecule has 1 atom stereocenters. The van der Waals surface area contributed by atoms with E-state index >= 15 is 0 Å². The van der Waals surface area contributed by atoms with Gasteiger partial charge in [0.2, 0.25) is 0 Å². The van der Waals surface area contributed by atoms with E-state index in [0.29, 0.717) is 6.54 Å². The van der Waals surface area contributed by atoms with Crippen molar-refractivity contribution in [3.63, 3.8) is 0 Å². The highest BCUT2D eigenvalue weighted by Gasteiger charge is 2.31. The number of nitrogens with one attached hydrogen (secondary N) is 1. The number of carbonyl (C=O) groups is 1. The number of aryl methyl sites for hydroxylation is 1. The summed E-state index contributed by atoms with van der Waals surface area (Å²) in [6.07, 6.45) is 2.06. The molecule has 0 amide bonds. The number of Topliss-reactive ketones (excluding diaryl/α,β-unsaturated/α-hetero) is 1. The molecule has 2 aromatic carbocycles. The fourth-order valence-corrected chi connectivity index (χ4v) is 4.37. The number of methoxy groups -OCH3 is 2. The summed E-state index contributed by atoms with van der Waals surface area (Å²) in [5, 5.41) is 1.000. The van der Waals surface area contributed by atoms with Crippen molar-refractivity contribution >= 4 is 16.7 Å². The Kier molecular flexibility index (Phi) is 5.09. The predicted octanol–water partition coefficient (Wildman–Crippen LogP) is 4.51. The van der Waals surface area contributed by atoms with Crippen LogP contribution in [0.4, 0.5) is 0 Å². The van der Waals surface area contributed by atoms with Crippen molar-refractivity contribution in [2.45, 2.75) is 25.8 Å². The van der Waals surface area contributed by atoms with E-state index in [9.17, 15) is 4.79 Å². The molecule has 1 saturated heterocycles. The molecular formula is C23H26N2O3. The molecule has 5 heteroatoms. The first kappa shape index (κ1) is 18.6. The molecule has 28 heavy (non-hydrogen) atoms. The summed E-state index contributed by atoms with van der Waals surface area (Å²) in [6.45, 7) is 3.27. The number of fused-ring (bicyclic) bond motifs is 1. The van der Waals surface area contributed by atoms with Gasteiger partial charge < -0.3 is 14.5 Å². The van der Waals surface area contributed by atoms with Gasteiger partial charge in [0.15, 0.2) is 5.78 Å². The van der Waals surface area contributed by atoms with Crippen LogP contribution in [0.15, 0.2) is 42.5 Å². The maximum Gasteiger partial charge on any atom is 0.179 e. The van der Waals surface area contributed by atoms with Gasteiger partial charge in [-0.3, -0.25) is 9.69 Å². The fourth-order valence-electron chi connectivity index (χ4n) is 4.37. The minimum atomic E-state index is 0.152. The summed E-state index contributed by atoms with van der Waals surface area (Å²) >= 11 is 0. The first-order valence-electron chi connectivity index (χ1n) is 9.69. The second kappa shape index (κ2) is 7.68. The van der Waals surface area contributed by atoms with Crippen LogP contribution < -0.4 is 9.47 Å². The van der Waals surface area contributed by atoms with Gasteiger partial charge in [-0.15, -0.1) is 0 Å². The van der Waals surface area contributed by atoms with Gasteiger partial charge in [-0.2, -0.15) is 0 Å². The topological polar surface area (TPSA) is 54.6 Å². The first-order valence-corrected chi connectivity index (χ1v) is 9.69. The molecule has 146 valence electrons. The smallest absolute Gasteiger partial charge is 0.179 e. The molecule has 0 radical (unpaired) electrons. The Hall–Kier alpha value is -2.79. The summed E-state index contributed by atoms with van der Waals surface area (Å²) < 4.78 is 11.0. The van der Waals surface area contributed by atoms with Gasteiger partial charge in [0, 0.05) is 33.8 Å². The minimum Gasteiger partial charge on any atom is -0.497 e. The molecule has 0 saturated carbocycles. The third-order valence-electron chi connectivity index (χ3n) is 5.68. The van der Waals surface area contributed by atoms with E-state index in [0.717, 1.165) is 58.6 Å². The average Bonchev–Trinajstić information content (AvgIpc) is 3.30. The number of ether oxygens (including phenoxy) is 2. The SMILES string of the molecule is COc1ccc(OC)c([C@@H]2CCCN2CC(=O)c2c(C)[nH]c3ccccc23)c1. The first-order chi connectivity index (χ1) is 13.6. The minimum absolute atomic E-state index is 0.152. The van der Waals surface area contributed by atoms with E-state index < -0.39 is 0 Å². The molecule has 0 unspecified atom stereocenters. The van der Waals surface area contributed by atoms with Gasteiger partial charge in [0.05, 0.1) is 20.8 Å². The molecule has 0 spiro atoms. The second-order valence-corrected chi connectivity index (χ2v) is 7.33. The highest BCUT2D eigenvalue weighted by molar-refractivity contribution is 6.10. The van der Waals surface area contributed by atoms with Crippen molar-refractivity contribution < 1.29 is 14.3 Å². The van der Waals surface area contributed by atoms with Crippen molar-refractivity contribution in [2.24, 2.45) is 0 Å². The molecule has 0 aliphatic carbocycles. The quantitative estimate of drug-likeness (QED) is 0.641. The summed E-state index contributed by atoms with van der Waals surface area (Å²) in [5.74, 6) is 1.80. The molecule has 2 heterocycles. The maximum absolute atomic E-state index is 13.2. The molecule has 4 rings (SSSR count). The standard InChI is InChI=1S/C23H26N2O3/c1-15-23(17-7-4-5-8-19(17)24-15)21(26)14-25-12-6-9-20(25)18-13-16(27-2)10-11-22(18)28-3/h4-5,7-8,10-11,13,20,24H,6,9,12,14H2,1-3H3/t20-/m0/s1. The molecule has 1 aromatic heterocycles. The van der Waals surface area contributed by atoms with Crippen LogP contribution in [-0.2, 0) is 0 Å². The molecule has 5 nitrogen and oxygen atoms in total. The Morgan fingerprint density at radius 1 is 1.18 bits per heavy atom. The van der Waals surface area contributed by atoms with Crippen molar-refractivity contribution in [3.8, 4) is 11.5 Å². The maximum atomic E-state index is 13.2. The van der Waals surface area contributed by atoms with Crippen LogP contribution in [0.25, 0.3) is 10.9 Å². The van der Waals surface area contributed by atoms with Crippen molar-refractivity contribution in [1.82, 2.24) is 9.88 Å². The summed E-state index contributed by atoms with van der Waals surface area (Å²) in [6, 6.07) is 14.0. The third-order valence-corrected chi connectivity index (χ3v) is 5.68. The number of benzene rings is 2. The zero-order valence-electron chi connectivity index (χ0n) is 16.6. The number of carbonyl (C=O) groups excluding carboxylic acids is 1. The summed E-state index contributed by atoms with van der Waals surface area (Å²) in [5.41, 5.74) is 3.83. The van der Waals surface area contributed by atoms with Crippen LogP contribution in [-0.4, -0.2) is 43.0 Å². The van der Waals surface area contributed by atoms with Crippen LogP contribution in [0.5, 0.6) is 11.5 Å². The summed E-state index contributed by atoms with van der Waals surface area (Å²) in [4.78, 5) is 18.8. The average molecular weight is 378 g/mol. The Morgan fingerprint density at radius 2 is 2.00 bits per heavy atom. The molecular weight excluding hydrogens is 352 g/mol. The Balaban J connectivity index is 1.63. The molecule has 1 aliphatic heterocycles. The Morgan fingerprint density at radius 3 is 2.79 bits per heavy atom. The lowest BCUT2D eigenvalue weighted by Crippen LogP contribution is -2.30. The number of likely N-dealkylation sites (tertiary alicyclic amines) is 1. The number of aromatic nitrogens is 1. The number of ketones is 1. The number of rotatable bonds is 6. The number of nitrogens with zero attached hydrogens (tertiary/aromatic N) is 1. The third kappa shape index (κ3) is 3.27. The summed E-state index contributed by atoms with van der Waals surface area (Å²) in [7, 11) is 3.35. The van der Waals surface area contributed by atoms with Crippen LogP contribution in [0.3, 0.4) is 0 Å². The van der Waals surface area contributed by atoms with Gasteiger partial charge in [-0.1, -0.05) is 18.2 Å². The Labute approximate surface area is 165 Å². The molecule has 1 aliphatic rings. The van der Waals surface area contributed by atoms with Gasteiger partial charge in [-0.25, -0.2) is 0 Å². The molecule has 1 N–H and O–H groups in total. The number of aromatic amines is 1. The highest BCUT2D eigenvalue weighted by Crippen LogP contribution is 2.39. The van der Waals surface area contributed by atoms with E-state index in [2.05, 4.69) is 9.88 Å². The van der Waals surface area contributed by atoms with E-state index in [1.54, 1.807) is 14.2 Å². The number of hydrogen-bond donors (Lipinski definition) is 1. The Bertz CT molecular complexity index is 1010. The van der Waals surface area contributed by atoms with E-state index in [-0.39, 0.29) is 11.8 Å². The van der Waals surface area contributed by atoms with Gasteiger partial charge in [0.1, 0.15) is 11.5 Å². The lowest BCUT2D eigenvalue weighted by molar-refractivity contribution is 0.0921. The van der Waals surface area contributed by atoms with Crippen LogP contribution in [0, 0.1) is 6.92 Å². The van der Waals surface area contributed by atoms with E-state index in [1.165, 1.54) is 0 Å². The van der Waals surface area contributed by atoms with Gasteiger partial charge in [-0.05, 0) is 50.6 Å². The molecule has 3 aromatic rings. The predicted molar refractivity (Wildman–Crippen MR) is 110 cm³/mol. The van der Waals surface area contributed by atoms with Crippen molar-refractivity contribution in [2.75, 3.05) is 27.3 Å². The van der Waals surface area contributed by atoms with E-state index in [1.807, 2.05) is 49.4 Å². The number of hydrogen-bond acceptors (Lipinski definition) is 4. The molecule has 1 fully saturated rings. The lowest BCUT2D eigenvalue weighted by Gasteiger charge is -2.26. The highest BCUT2D eigenvalue weighted by atomic mass is 16.5. The van der Waals surface area contributed by atoms with Crippen molar-refractivity contribution in [1.29, 1.82) is 0 Å². The fraction of sp³-hybridized carbons (Fsp3) is 0.348. The van der Waals surface area contributed by atoms with Crippen LogP contribution >= 0.6 is 0 Å². The lowest BCUT2D eigenvalue weighted by atomic mass is 10.0. The van der Waals surface area contributed by atoms with Gasteiger partial charge in [0.25, 0.3) is 0 Å². The monoisotopic (exact) mass is 378 g/mol. The number of para-hydroxylation sites is 1. The second-order valence-electron chi connectivity index (χ2n) is 7.33. The van der Waals surface area contributed by atoms with Gasteiger partial charge >= 0.3 is 0 Å². The van der Waals surface area contributed by atoms with Crippen LogP contribution in [0.1, 0.15) is 40.5 Å². The largest absolute Gasteiger partial charge is 0.497 e.